The Balaban J connectivity index is 1.57. The van der Waals surface area contributed by atoms with Crippen molar-refractivity contribution in [3.05, 3.63) is 36.2 Å². The van der Waals surface area contributed by atoms with Gasteiger partial charge in [0.2, 0.25) is 6.29 Å². The molecule has 7 heteroatoms. The predicted molar refractivity (Wildman–Crippen MR) is 75.7 cm³/mol. The van der Waals surface area contributed by atoms with E-state index in [1.165, 1.54) is 6.21 Å². The average molecular weight is 286 g/mol. The Morgan fingerprint density at radius 1 is 1.43 bits per heavy atom. The first-order chi connectivity index (χ1) is 10.3. The number of rotatable bonds is 3. The van der Waals surface area contributed by atoms with E-state index in [1.807, 2.05) is 24.3 Å². The number of nitrogens with one attached hydrogen (secondary N) is 1. The van der Waals surface area contributed by atoms with Crippen LogP contribution in [0.25, 0.3) is 11.0 Å². The third kappa shape index (κ3) is 3.51. The normalized spacial score (nSPS) is 18.2. The molecule has 1 aliphatic heterocycles. The molecule has 0 radical (unpaired) electrons. The number of benzene rings is 1. The van der Waals surface area contributed by atoms with Crippen molar-refractivity contribution < 1.29 is 14.3 Å². The molecule has 0 saturated carbocycles. The minimum Gasteiger partial charge on any atom is -0.418 e. The molecule has 0 aliphatic carbocycles. The summed E-state index contributed by atoms with van der Waals surface area (Å²) in [6.45, 7) is 0.619. The third-order valence-electron chi connectivity index (χ3n) is 2.95. The molecule has 0 spiro atoms. The fraction of sp³-hybridized carbons (Fsp3) is 0.286. The summed E-state index contributed by atoms with van der Waals surface area (Å²) in [6, 6.07) is 7.52. The van der Waals surface area contributed by atoms with Gasteiger partial charge in [-0.2, -0.15) is 5.10 Å². The summed E-state index contributed by atoms with van der Waals surface area (Å²) in [5.41, 5.74) is 4.39. The van der Waals surface area contributed by atoms with Crippen LogP contribution < -0.4 is 5.43 Å². The maximum atomic E-state index is 11.4. The monoisotopic (exact) mass is 286 g/mol. The van der Waals surface area contributed by atoms with Crippen LogP contribution in [0.2, 0.25) is 0 Å². The maximum absolute atomic E-state index is 11.4. The highest BCUT2D eigenvalue weighted by Gasteiger charge is 2.19. The first-order valence-corrected chi connectivity index (χ1v) is 6.64. The van der Waals surface area contributed by atoms with E-state index >= 15 is 0 Å². The van der Waals surface area contributed by atoms with E-state index in [1.54, 1.807) is 6.20 Å². The summed E-state index contributed by atoms with van der Waals surface area (Å²) in [5.74, 6) is 0. The Kier molecular flexibility index (Phi) is 4.02. The van der Waals surface area contributed by atoms with Crippen LogP contribution in [-0.4, -0.2) is 35.2 Å². The number of hydrogen-bond donors (Lipinski definition) is 1. The van der Waals surface area contributed by atoms with E-state index in [0.29, 0.717) is 18.7 Å². The first-order valence-electron chi connectivity index (χ1n) is 6.64. The number of hydrogen-bond acceptors (Lipinski definition) is 6. The quantitative estimate of drug-likeness (QED) is 0.687. The molecule has 1 aromatic carbocycles. The van der Waals surface area contributed by atoms with Crippen LogP contribution >= 0.6 is 0 Å². The lowest BCUT2D eigenvalue weighted by Crippen LogP contribution is -2.25. The van der Waals surface area contributed by atoms with E-state index in [4.69, 9.17) is 9.47 Å². The topological polar surface area (TPSA) is 85.7 Å². The molecule has 1 aliphatic rings. The van der Waals surface area contributed by atoms with Gasteiger partial charge in [0.05, 0.1) is 30.1 Å². The Morgan fingerprint density at radius 3 is 3.10 bits per heavy atom. The van der Waals surface area contributed by atoms with Crippen LogP contribution in [0.5, 0.6) is 0 Å². The summed E-state index contributed by atoms with van der Waals surface area (Å²) in [7, 11) is 0. The lowest BCUT2D eigenvalue weighted by molar-refractivity contribution is -0.0677. The second kappa shape index (κ2) is 6.27. The van der Waals surface area contributed by atoms with Crippen LogP contribution in [0, 0.1) is 0 Å². The number of carbonyl (C=O) groups excluding carboxylic acids is 1. The number of carbonyl (C=O) groups is 1. The van der Waals surface area contributed by atoms with Crippen molar-refractivity contribution in [2.75, 3.05) is 6.61 Å². The molecule has 2 aromatic rings. The van der Waals surface area contributed by atoms with Crippen LogP contribution in [-0.2, 0) is 9.47 Å². The largest absolute Gasteiger partial charge is 0.430 e. The summed E-state index contributed by atoms with van der Waals surface area (Å²) >= 11 is 0. The summed E-state index contributed by atoms with van der Waals surface area (Å²) in [5, 5.41) is 3.78. The molecule has 1 unspecified atom stereocenters. The molecule has 1 aromatic heterocycles. The van der Waals surface area contributed by atoms with E-state index in [9.17, 15) is 4.79 Å². The average Bonchev–Trinajstić information content (AvgIpc) is 3.00. The zero-order valence-corrected chi connectivity index (χ0v) is 11.2. The molecule has 1 N–H and O–H groups in total. The predicted octanol–water partition coefficient (Wildman–Crippen LogP) is 1.83. The summed E-state index contributed by atoms with van der Waals surface area (Å²) in [6.07, 6.45) is 3.49. The van der Waals surface area contributed by atoms with Gasteiger partial charge in [0.1, 0.15) is 5.69 Å². The highest BCUT2D eigenvalue weighted by Crippen LogP contribution is 2.12. The smallest absolute Gasteiger partial charge is 0.418 e. The van der Waals surface area contributed by atoms with Gasteiger partial charge < -0.3 is 9.47 Å². The highest BCUT2D eigenvalue weighted by atomic mass is 16.7. The molecule has 108 valence electrons. The Bertz CT molecular complexity index is 668. The zero-order chi connectivity index (χ0) is 14.5. The van der Waals surface area contributed by atoms with Crippen molar-refractivity contribution in [2.24, 2.45) is 5.10 Å². The molecule has 7 nitrogen and oxygen atoms in total. The van der Waals surface area contributed by atoms with Gasteiger partial charge in [0.15, 0.2) is 0 Å². The van der Waals surface area contributed by atoms with Gasteiger partial charge in [-0.15, -0.1) is 0 Å². The number of aromatic nitrogens is 2. The van der Waals surface area contributed by atoms with Gasteiger partial charge in [-0.05, 0) is 18.6 Å². The van der Waals surface area contributed by atoms with Crippen molar-refractivity contribution >= 4 is 23.3 Å². The number of ether oxygens (including phenoxy) is 2. The Labute approximate surface area is 121 Å². The Morgan fingerprint density at radius 2 is 2.29 bits per heavy atom. The highest BCUT2D eigenvalue weighted by molar-refractivity contribution is 5.82. The summed E-state index contributed by atoms with van der Waals surface area (Å²) in [4.78, 5) is 20.0. The molecule has 2 heterocycles. The standard InChI is InChI=1S/C14H14N4O3/c19-14(21-13-6-3-7-20-13)18-16-9-10-8-15-11-4-1-2-5-12(11)17-10/h1-2,4-5,8-9,13H,3,6-7H2,(H,18,19). The van der Waals surface area contributed by atoms with E-state index in [-0.39, 0.29) is 0 Å². The summed E-state index contributed by atoms with van der Waals surface area (Å²) < 4.78 is 10.2. The molecular formula is C14H14N4O3. The number of amides is 1. The van der Waals surface area contributed by atoms with E-state index < -0.39 is 12.4 Å². The van der Waals surface area contributed by atoms with Crippen molar-refractivity contribution in [1.82, 2.24) is 15.4 Å². The van der Waals surface area contributed by atoms with Gasteiger partial charge in [0, 0.05) is 6.42 Å². The molecular weight excluding hydrogens is 272 g/mol. The zero-order valence-electron chi connectivity index (χ0n) is 11.2. The molecule has 21 heavy (non-hydrogen) atoms. The minimum atomic E-state index is -0.646. The van der Waals surface area contributed by atoms with Gasteiger partial charge in [-0.1, -0.05) is 12.1 Å². The maximum Gasteiger partial charge on any atom is 0.430 e. The van der Waals surface area contributed by atoms with Gasteiger partial charge in [-0.3, -0.25) is 4.98 Å². The number of fused-ring (bicyclic) bond motifs is 1. The van der Waals surface area contributed by atoms with Gasteiger partial charge in [-0.25, -0.2) is 15.2 Å². The number of nitrogens with zero attached hydrogens (tertiary/aromatic N) is 3. The van der Waals surface area contributed by atoms with Gasteiger partial charge in [0.25, 0.3) is 0 Å². The van der Waals surface area contributed by atoms with Crippen molar-refractivity contribution in [1.29, 1.82) is 0 Å². The molecule has 1 saturated heterocycles. The molecule has 3 rings (SSSR count). The molecule has 0 bridgehead atoms. The third-order valence-corrected chi connectivity index (χ3v) is 2.95. The SMILES string of the molecule is O=C(NN=Cc1cnc2ccccc2n1)OC1CCCO1. The van der Waals surface area contributed by atoms with Gasteiger partial charge >= 0.3 is 6.09 Å². The van der Waals surface area contributed by atoms with Crippen molar-refractivity contribution in [2.45, 2.75) is 19.1 Å². The Hall–Kier alpha value is -2.54. The van der Waals surface area contributed by atoms with Crippen LogP contribution in [0.1, 0.15) is 18.5 Å². The van der Waals surface area contributed by atoms with Crippen molar-refractivity contribution in [3.63, 3.8) is 0 Å². The minimum absolute atomic E-state index is 0.472. The second-order valence-electron chi connectivity index (χ2n) is 4.50. The lowest BCUT2D eigenvalue weighted by atomic mass is 10.3. The van der Waals surface area contributed by atoms with Crippen LogP contribution in [0.3, 0.4) is 0 Å². The number of hydrazone groups is 1. The molecule has 1 amide bonds. The fourth-order valence-corrected chi connectivity index (χ4v) is 1.97. The first kappa shape index (κ1) is 13.4. The number of para-hydroxylation sites is 2. The van der Waals surface area contributed by atoms with Crippen LogP contribution in [0.15, 0.2) is 35.6 Å². The second-order valence-corrected chi connectivity index (χ2v) is 4.50. The molecule has 1 fully saturated rings. The fourth-order valence-electron chi connectivity index (χ4n) is 1.97. The van der Waals surface area contributed by atoms with Crippen LogP contribution in [0.4, 0.5) is 4.79 Å². The van der Waals surface area contributed by atoms with E-state index in [0.717, 1.165) is 17.5 Å². The molecule has 1 atom stereocenters. The lowest BCUT2D eigenvalue weighted by Gasteiger charge is -2.09. The van der Waals surface area contributed by atoms with E-state index in [2.05, 4.69) is 20.5 Å². The van der Waals surface area contributed by atoms with Crippen molar-refractivity contribution in [3.8, 4) is 0 Å².